The van der Waals surface area contributed by atoms with E-state index in [1.54, 1.807) is 28.7 Å². The summed E-state index contributed by atoms with van der Waals surface area (Å²) < 4.78 is 1.65. The van der Waals surface area contributed by atoms with Crippen molar-refractivity contribution < 1.29 is 0 Å². The summed E-state index contributed by atoms with van der Waals surface area (Å²) in [5.74, 6) is 1.24. The Kier molecular flexibility index (Phi) is 2.85. The molecule has 18 heavy (non-hydrogen) atoms. The summed E-state index contributed by atoms with van der Waals surface area (Å²) in [6.45, 7) is 0. The molecule has 0 saturated carbocycles. The molecule has 0 amide bonds. The highest BCUT2D eigenvalue weighted by molar-refractivity contribution is 7.98. The van der Waals surface area contributed by atoms with Crippen LogP contribution in [0, 0.1) is 0 Å². The van der Waals surface area contributed by atoms with E-state index in [2.05, 4.69) is 27.2 Å². The molecule has 0 aliphatic carbocycles. The van der Waals surface area contributed by atoms with Gasteiger partial charge in [0.1, 0.15) is 0 Å². The molecule has 0 fully saturated rings. The number of anilines is 1. The lowest BCUT2D eigenvalue weighted by atomic mass is 10.2. The number of aromatic nitrogens is 4. The average molecular weight is 257 g/mol. The smallest absolute Gasteiger partial charge is 0.209 e. The molecule has 0 radical (unpaired) electrons. The standard InChI is InChI=1S/C12H11N5S/c13-10-11-15-12(16-17(11)7-6-14-10)18-8-9-4-2-1-3-5-9/h1-7H,8H2,(H2,13,14). The molecular formula is C12H11N5S. The van der Waals surface area contributed by atoms with Crippen LogP contribution in [0.3, 0.4) is 0 Å². The first-order valence-corrected chi connectivity index (χ1v) is 6.45. The van der Waals surface area contributed by atoms with Gasteiger partial charge in [-0.05, 0) is 5.56 Å². The molecule has 90 valence electrons. The quantitative estimate of drug-likeness (QED) is 0.727. The van der Waals surface area contributed by atoms with Crippen molar-refractivity contribution in [2.24, 2.45) is 0 Å². The van der Waals surface area contributed by atoms with Gasteiger partial charge in [0.05, 0.1) is 0 Å². The van der Waals surface area contributed by atoms with Gasteiger partial charge in [-0.1, -0.05) is 42.1 Å². The minimum absolute atomic E-state index is 0.400. The van der Waals surface area contributed by atoms with Crippen LogP contribution in [0.2, 0.25) is 0 Å². The monoisotopic (exact) mass is 257 g/mol. The lowest BCUT2D eigenvalue weighted by Gasteiger charge is -1.96. The largest absolute Gasteiger partial charge is 0.381 e. The van der Waals surface area contributed by atoms with E-state index in [1.165, 1.54) is 5.56 Å². The fraction of sp³-hybridized carbons (Fsp3) is 0.0833. The molecule has 0 saturated heterocycles. The van der Waals surface area contributed by atoms with Gasteiger partial charge in [-0.25, -0.2) is 9.50 Å². The Morgan fingerprint density at radius 2 is 2.06 bits per heavy atom. The molecule has 3 rings (SSSR count). The molecule has 3 aromatic rings. The minimum atomic E-state index is 0.400. The zero-order valence-electron chi connectivity index (χ0n) is 9.52. The first-order valence-electron chi connectivity index (χ1n) is 5.46. The van der Waals surface area contributed by atoms with Crippen molar-refractivity contribution in [3.05, 3.63) is 48.3 Å². The molecule has 5 nitrogen and oxygen atoms in total. The highest BCUT2D eigenvalue weighted by Gasteiger charge is 2.07. The van der Waals surface area contributed by atoms with E-state index in [9.17, 15) is 0 Å². The van der Waals surface area contributed by atoms with Crippen molar-refractivity contribution in [2.45, 2.75) is 10.9 Å². The van der Waals surface area contributed by atoms with Gasteiger partial charge in [0.15, 0.2) is 11.5 Å². The summed E-state index contributed by atoms with van der Waals surface area (Å²) in [5, 5.41) is 5.04. The Labute approximate surface area is 108 Å². The van der Waals surface area contributed by atoms with Crippen molar-refractivity contribution in [1.82, 2.24) is 19.6 Å². The van der Waals surface area contributed by atoms with Crippen LogP contribution in [0.25, 0.3) is 5.65 Å². The topological polar surface area (TPSA) is 69.1 Å². The summed E-state index contributed by atoms with van der Waals surface area (Å²) in [7, 11) is 0. The molecule has 0 spiro atoms. The highest BCUT2D eigenvalue weighted by atomic mass is 32.2. The first-order chi connectivity index (χ1) is 8.83. The molecule has 0 bridgehead atoms. The Bertz CT molecular complexity index is 665. The average Bonchev–Trinajstić information content (AvgIpc) is 2.82. The van der Waals surface area contributed by atoms with E-state index in [0.717, 1.165) is 5.75 Å². The molecule has 2 N–H and O–H groups in total. The SMILES string of the molecule is Nc1nccn2nc(SCc3ccccc3)nc12. The lowest BCUT2D eigenvalue weighted by Crippen LogP contribution is -1.95. The number of rotatable bonds is 3. The second-order valence-corrected chi connectivity index (χ2v) is 4.69. The van der Waals surface area contributed by atoms with Gasteiger partial charge in [-0.3, -0.25) is 0 Å². The third kappa shape index (κ3) is 2.14. The van der Waals surface area contributed by atoms with Gasteiger partial charge in [0.2, 0.25) is 5.16 Å². The zero-order valence-corrected chi connectivity index (χ0v) is 10.3. The van der Waals surface area contributed by atoms with Crippen LogP contribution in [0.5, 0.6) is 0 Å². The lowest BCUT2D eigenvalue weighted by molar-refractivity contribution is 0.881. The van der Waals surface area contributed by atoms with Gasteiger partial charge < -0.3 is 5.73 Å². The van der Waals surface area contributed by atoms with Crippen LogP contribution in [-0.4, -0.2) is 19.6 Å². The molecule has 2 heterocycles. The maximum absolute atomic E-state index is 5.73. The maximum atomic E-state index is 5.73. The van der Waals surface area contributed by atoms with Crippen molar-refractivity contribution in [2.75, 3.05) is 5.73 Å². The third-order valence-corrected chi connectivity index (χ3v) is 3.38. The molecule has 0 atom stereocenters. The molecule has 0 unspecified atom stereocenters. The normalized spacial score (nSPS) is 10.9. The van der Waals surface area contributed by atoms with Gasteiger partial charge in [0, 0.05) is 18.1 Å². The number of hydrogen-bond acceptors (Lipinski definition) is 5. The van der Waals surface area contributed by atoms with Gasteiger partial charge in [-0.15, -0.1) is 5.10 Å². The number of nitrogens with two attached hydrogens (primary N) is 1. The number of nitrogen functional groups attached to an aromatic ring is 1. The van der Waals surface area contributed by atoms with Crippen LogP contribution in [0.15, 0.2) is 47.9 Å². The number of benzene rings is 1. The number of hydrogen-bond donors (Lipinski definition) is 1. The van der Waals surface area contributed by atoms with Crippen molar-refractivity contribution >= 4 is 23.2 Å². The van der Waals surface area contributed by atoms with Crippen LogP contribution >= 0.6 is 11.8 Å². The highest BCUT2D eigenvalue weighted by Crippen LogP contribution is 2.20. The number of fused-ring (bicyclic) bond motifs is 1. The van der Waals surface area contributed by atoms with E-state index in [4.69, 9.17) is 5.73 Å². The molecule has 6 heteroatoms. The second kappa shape index (κ2) is 4.66. The van der Waals surface area contributed by atoms with E-state index in [1.807, 2.05) is 18.2 Å². The second-order valence-electron chi connectivity index (χ2n) is 3.75. The fourth-order valence-electron chi connectivity index (χ4n) is 1.60. The van der Waals surface area contributed by atoms with E-state index < -0.39 is 0 Å². The number of nitrogens with zero attached hydrogens (tertiary/aromatic N) is 4. The summed E-state index contributed by atoms with van der Waals surface area (Å²) in [4.78, 5) is 8.34. The maximum Gasteiger partial charge on any atom is 0.209 e. The Balaban J connectivity index is 1.81. The Morgan fingerprint density at radius 1 is 1.22 bits per heavy atom. The predicted octanol–water partition coefficient (Wildman–Crippen LogP) is 2.00. The summed E-state index contributed by atoms with van der Waals surface area (Å²) in [6, 6.07) is 10.2. The summed E-state index contributed by atoms with van der Waals surface area (Å²) in [5.41, 5.74) is 7.58. The Hall–Kier alpha value is -2.08. The zero-order chi connectivity index (χ0) is 12.4. The van der Waals surface area contributed by atoms with Crippen molar-refractivity contribution in [3.8, 4) is 0 Å². The molecule has 2 aromatic heterocycles. The van der Waals surface area contributed by atoms with Gasteiger partial charge in [-0.2, -0.15) is 4.98 Å². The van der Waals surface area contributed by atoms with E-state index in [0.29, 0.717) is 16.6 Å². The van der Waals surface area contributed by atoms with E-state index >= 15 is 0 Å². The van der Waals surface area contributed by atoms with Crippen LogP contribution in [0.1, 0.15) is 5.56 Å². The summed E-state index contributed by atoms with van der Waals surface area (Å²) in [6.07, 6.45) is 3.36. The van der Waals surface area contributed by atoms with Crippen LogP contribution < -0.4 is 5.73 Å². The summed E-state index contributed by atoms with van der Waals surface area (Å²) >= 11 is 1.58. The van der Waals surface area contributed by atoms with Crippen molar-refractivity contribution in [3.63, 3.8) is 0 Å². The fourth-order valence-corrected chi connectivity index (χ4v) is 2.38. The van der Waals surface area contributed by atoms with Gasteiger partial charge in [0.25, 0.3) is 0 Å². The minimum Gasteiger partial charge on any atom is -0.381 e. The molecule has 1 aromatic carbocycles. The third-order valence-electron chi connectivity index (χ3n) is 2.47. The first kappa shape index (κ1) is 11.0. The van der Waals surface area contributed by atoms with Crippen LogP contribution in [0.4, 0.5) is 5.82 Å². The molecular weight excluding hydrogens is 246 g/mol. The predicted molar refractivity (Wildman–Crippen MR) is 71.2 cm³/mol. The Morgan fingerprint density at radius 3 is 2.83 bits per heavy atom. The molecule has 0 aliphatic heterocycles. The van der Waals surface area contributed by atoms with E-state index in [-0.39, 0.29) is 0 Å². The molecule has 0 aliphatic rings. The number of thioether (sulfide) groups is 1. The van der Waals surface area contributed by atoms with Crippen molar-refractivity contribution in [1.29, 1.82) is 0 Å². The van der Waals surface area contributed by atoms with Gasteiger partial charge >= 0.3 is 0 Å². The van der Waals surface area contributed by atoms with Crippen LogP contribution in [-0.2, 0) is 5.75 Å².